The molecule has 1 atom stereocenters. The number of nitrogens with one attached hydrogen (secondary N) is 1. The number of methoxy groups -OCH3 is 1. The van der Waals surface area contributed by atoms with E-state index in [0.717, 1.165) is 0 Å². The molecule has 0 aliphatic heterocycles. The first-order valence-electron chi connectivity index (χ1n) is 5.20. The fourth-order valence-corrected chi connectivity index (χ4v) is 3.33. The molecule has 4 nitrogen and oxygen atoms in total. The molecule has 1 aromatic rings. The van der Waals surface area contributed by atoms with Crippen molar-refractivity contribution >= 4 is 26.0 Å². The largest absolute Gasteiger partial charge is 0.496 e. The summed E-state index contributed by atoms with van der Waals surface area (Å²) in [6.45, 7) is 1.72. The molecule has 1 aromatic carbocycles. The Kier molecular flexibility index (Phi) is 5.20. The number of terminal acetylenes is 1. The summed E-state index contributed by atoms with van der Waals surface area (Å²) >= 11 is 3.25. The second-order valence-corrected chi connectivity index (χ2v) is 6.30. The summed E-state index contributed by atoms with van der Waals surface area (Å²) in [5.74, 6) is 2.99. The van der Waals surface area contributed by atoms with Gasteiger partial charge in [0.05, 0.1) is 16.5 Å². The Morgan fingerprint density at radius 2 is 2.22 bits per heavy atom. The zero-order valence-electron chi connectivity index (χ0n) is 10.1. The van der Waals surface area contributed by atoms with Crippen molar-refractivity contribution in [3.8, 4) is 18.1 Å². The van der Waals surface area contributed by atoms with Crippen LogP contribution in [-0.4, -0.2) is 21.6 Å². The Labute approximate surface area is 116 Å². The molecule has 98 valence electrons. The average Bonchev–Trinajstić information content (AvgIpc) is 2.28. The standard InChI is InChI=1S/C12H14BrNO3S/c1-4-5-9(2)14-18(15,16)10-6-7-12(17-3)11(13)8-10/h1,6-9,14H,5H2,2-3H3. The summed E-state index contributed by atoms with van der Waals surface area (Å²) in [5, 5.41) is 0. The number of ether oxygens (including phenoxy) is 1. The topological polar surface area (TPSA) is 55.4 Å². The van der Waals surface area contributed by atoms with Gasteiger partial charge >= 0.3 is 0 Å². The van der Waals surface area contributed by atoms with Crippen molar-refractivity contribution in [1.29, 1.82) is 0 Å². The molecule has 0 amide bonds. The molecule has 0 saturated carbocycles. The number of sulfonamides is 1. The maximum Gasteiger partial charge on any atom is 0.240 e. The minimum atomic E-state index is -3.56. The Bertz CT molecular complexity index is 563. The van der Waals surface area contributed by atoms with Gasteiger partial charge in [0.25, 0.3) is 0 Å². The molecule has 0 spiro atoms. The Morgan fingerprint density at radius 1 is 1.56 bits per heavy atom. The van der Waals surface area contributed by atoms with Crippen molar-refractivity contribution in [1.82, 2.24) is 4.72 Å². The quantitative estimate of drug-likeness (QED) is 0.841. The molecule has 0 bridgehead atoms. The van der Waals surface area contributed by atoms with Crippen LogP contribution in [0.1, 0.15) is 13.3 Å². The second kappa shape index (κ2) is 6.23. The summed E-state index contributed by atoms with van der Waals surface area (Å²) in [4.78, 5) is 0.166. The van der Waals surface area contributed by atoms with E-state index in [1.807, 2.05) is 0 Å². The maximum absolute atomic E-state index is 12.0. The minimum Gasteiger partial charge on any atom is -0.496 e. The molecule has 0 aliphatic rings. The van der Waals surface area contributed by atoms with Crippen molar-refractivity contribution in [2.45, 2.75) is 24.3 Å². The molecule has 0 aromatic heterocycles. The van der Waals surface area contributed by atoms with E-state index in [9.17, 15) is 8.42 Å². The van der Waals surface area contributed by atoms with Crippen molar-refractivity contribution in [3.05, 3.63) is 22.7 Å². The molecule has 0 fully saturated rings. The number of halogens is 1. The summed E-state index contributed by atoms with van der Waals surface area (Å²) in [5.41, 5.74) is 0. The SMILES string of the molecule is C#CCC(C)NS(=O)(=O)c1ccc(OC)c(Br)c1. The predicted molar refractivity (Wildman–Crippen MR) is 73.9 cm³/mol. The zero-order valence-corrected chi connectivity index (χ0v) is 12.5. The van der Waals surface area contributed by atoms with Crippen LogP contribution in [0, 0.1) is 12.3 Å². The van der Waals surface area contributed by atoms with Gasteiger partial charge in [0, 0.05) is 12.5 Å². The van der Waals surface area contributed by atoms with E-state index < -0.39 is 10.0 Å². The minimum absolute atomic E-state index is 0.166. The van der Waals surface area contributed by atoms with Crippen LogP contribution >= 0.6 is 15.9 Å². The first-order chi connectivity index (χ1) is 8.40. The molecule has 1 rings (SSSR count). The molecule has 18 heavy (non-hydrogen) atoms. The Hall–Kier alpha value is -1.03. The van der Waals surface area contributed by atoms with Gasteiger partial charge in [0.15, 0.2) is 0 Å². The van der Waals surface area contributed by atoms with E-state index in [4.69, 9.17) is 11.2 Å². The highest BCUT2D eigenvalue weighted by Crippen LogP contribution is 2.27. The van der Waals surface area contributed by atoms with Crippen molar-refractivity contribution in [2.75, 3.05) is 7.11 Å². The third kappa shape index (κ3) is 3.73. The first kappa shape index (κ1) is 15.0. The van der Waals surface area contributed by atoms with Crippen LogP contribution in [0.4, 0.5) is 0 Å². The van der Waals surface area contributed by atoms with Crippen LogP contribution in [0.2, 0.25) is 0 Å². The molecule has 0 radical (unpaired) electrons. The van der Waals surface area contributed by atoms with Crippen LogP contribution in [-0.2, 0) is 10.0 Å². The smallest absolute Gasteiger partial charge is 0.240 e. The maximum atomic E-state index is 12.0. The van der Waals surface area contributed by atoms with Crippen LogP contribution in [0.25, 0.3) is 0 Å². The fraction of sp³-hybridized carbons (Fsp3) is 0.333. The third-order valence-electron chi connectivity index (χ3n) is 2.21. The normalized spacial score (nSPS) is 12.8. The summed E-state index contributed by atoms with van der Waals surface area (Å²) in [6, 6.07) is 4.25. The van der Waals surface area contributed by atoms with Gasteiger partial charge in [-0.2, -0.15) is 0 Å². The summed E-state index contributed by atoms with van der Waals surface area (Å²) in [7, 11) is -2.04. The highest BCUT2D eigenvalue weighted by atomic mass is 79.9. The van der Waals surface area contributed by atoms with Crippen LogP contribution in [0.15, 0.2) is 27.6 Å². The molecule has 1 unspecified atom stereocenters. The zero-order chi connectivity index (χ0) is 13.8. The highest BCUT2D eigenvalue weighted by Gasteiger charge is 2.18. The Morgan fingerprint density at radius 3 is 2.72 bits per heavy atom. The van der Waals surface area contributed by atoms with Gasteiger partial charge in [0.1, 0.15) is 5.75 Å². The van der Waals surface area contributed by atoms with Gasteiger partial charge in [-0.25, -0.2) is 13.1 Å². The lowest BCUT2D eigenvalue weighted by atomic mass is 10.3. The Balaban J connectivity index is 2.99. The van der Waals surface area contributed by atoms with Gasteiger partial charge < -0.3 is 4.74 Å². The van der Waals surface area contributed by atoms with Gasteiger partial charge in [0.2, 0.25) is 10.0 Å². The van der Waals surface area contributed by atoms with Crippen molar-refractivity contribution in [2.24, 2.45) is 0 Å². The average molecular weight is 332 g/mol. The number of rotatable bonds is 5. The van der Waals surface area contributed by atoms with E-state index in [0.29, 0.717) is 16.6 Å². The first-order valence-corrected chi connectivity index (χ1v) is 7.47. The lowest BCUT2D eigenvalue weighted by Crippen LogP contribution is -2.32. The second-order valence-electron chi connectivity index (χ2n) is 3.73. The molecular formula is C12H14BrNO3S. The lowest BCUT2D eigenvalue weighted by molar-refractivity contribution is 0.411. The molecule has 0 saturated heterocycles. The molecular weight excluding hydrogens is 318 g/mol. The van der Waals surface area contributed by atoms with Gasteiger partial charge in [-0.05, 0) is 41.1 Å². The van der Waals surface area contributed by atoms with Crippen LogP contribution in [0.3, 0.4) is 0 Å². The van der Waals surface area contributed by atoms with Gasteiger partial charge in [-0.1, -0.05) is 0 Å². The third-order valence-corrected chi connectivity index (χ3v) is 4.42. The highest BCUT2D eigenvalue weighted by molar-refractivity contribution is 9.10. The van der Waals surface area contributed by atoms with E-state index in [2.05, 4.69) is 26.6 Å². The van der Waals surface area contributed by atoms with E-state index >= 15 is 0 Å². The van der Waals surface area contributed by atoms with Crippen molar-refractivity contribution in [3.63, 3.8) is 0 Å². The van der Waals surface area contributed by atoms with Crippen LogP contribution < -0.4 is 9.46 Å². The number of hydrogen-bond acceptors (Lipinski definition) is 3. The molecule has 0 aliphatic carbocycles. The molecule has 0 heterocycles. The van der Waals surface area contributed by atoms with Gasteiger partial charge in [-0.3, -0.25) is 0 Å². The summed E-state index contributed by atoms with van der Waals surface area (Å²) < 4.78 is 32.2. The lowest BCUT2D eigenvalue weighted by Gasteiger charge is -2.12. The summed E-state index contributed by atoms with van der Waals surface area (Å²) in [6.07, 6.45) is 5.48. The molecule has 1 N–H and O–H groups in total. The van der Waals surface area contributed by atoms with E-state index in [1.54, 1.807) is 13.0 Å². The van der Waals surface area contributed by atoms with Gasteiger partial charge in [-0.15, -0.1) is 12.3 Å². The predicted octanol–water partition coefficient (Wildman–Crippen LogP) is 2.15. The van der Waals surface area contributed by atoms with E-state index in [1.165, 1.54) is 19.2 Å². The molecule has 6 heteroatoms. The van der Waals surface area contributed by atoms with Crippen molar-refractivity contribution < 1.29 is 13.2 Å². The van der Waals surface area contributed by atoms with Crippen LogP contribution in [0.5, 0.6) is 5.75 Å². The number of hydrogen-bond donors (Lipinski definition) is 1. The monoisotopic (exact) mass is 331 g/mol. The van der Waals surface area contributed by atoms with E-state index in [-0.39, 0.29) is 10.9 Å². The fourth-order valence-electron chi connectivity index (χ4n) is 1.37. The number of benzene rings is 1.